The zero-order valence-electron chi connectivity index (χ0n) is 37.3. The molecule has 0 aromatic heterocycles. The van der Waals surface area contributed by atoms with Gasteiger partial charge in [0.05, 0.1) is 34.0 Å². The molecule has 0 rings (SSSR count). The van der Waals surface area contributed by atoms with Crippen molar-refractivity contribution in [3.05, 3.63) is 73.1 Å². The van der Waals surface area contributed by atoms with Crippen molar-refractivity contribution in [3.8, 4) is 0 Å². The highest BCUT2D eigenvalue weighted by Crippen LogP contribution is 2.43. The topological polar surface area (TPSA) is 91.3 Å². The maximum atomic E-state index is 12.5. The van der Waals surface area contributed by atoms with E-state index in [1.54, 1.807) is 6.26 Å². The number of allylic oxidation sites excluding steroid dienone is 11. The summed E-state index contributed by atoms with van der Waals surface area (Å²) in [7, 11) is 1.64. The van der Waals surface area contributed by atoms with E-state index >= 15 is 0 Å². The van der Waals surface area contributed by atoms with Crippen molar-refractivity contribution >= 4 is 13.8 Å². The van der Waals surface area contributed by atoms with E-state index in [0.717, 1.165) is 70.6 Å². The van der Waals surface area contributed by atoms with Gasteiger partial charge in [-0.15, -0.1) is 0 Å². The van der Waals surface area contributed by atoms with Gasteiger partial charge >= 0.3 is 13.8 Å². The van der Waals surface area contributed by atoms with Crippen LogP contribution < -0.4 is 0 Å². The predicted molar refractivity (Wildman–Crippen MR) is 242 cm³/mol. The number of hydrogen-bond donors (Lipinski definition) is 1. The third kappa shape index (κ3) is 44.7. The van der Waals surface area contributed by atoms with Crippen molar-refractivity contribution in [1.29, 1.82) is 0 Å². The number of carbonyl (C=O) groups excluding carboxylic acids is 1. The molecule has 9 heteroatoms. The van der Waals surface area contributed by atoms with E-state index in [1.165, 1.54) is 83.5 Å². The van der Waals surface area contributed by atoms with Crippen LogP contribution in [0.1, 0.15) is 174 Å². The Morgan fingerprint density at radius 2 is 0.982 bits per heavy atom. The number of quaternary nitrogens is 1. The van der Waals surface area contributed by atoms with Crippen LogP contribution in [0.2, 0.25) is 0 Å². The molecular weight excluding hydrogens is 734 g/mol. The summed E-state index contributed by atoms with van der Waals surface area (Å²) in [5, 5.41) is 0. The van der Waals surface area contributed by atoms with Crippen molar-refractivity contribution in [2.75, 3.05) is 47.5 Å². The third-order valence-electron chi connectivity index (χ3n) is 9.33. The van der Waals surface area contributed by atoms with Gasteiger partial charge in [-0.1, -0.05) is 139 Å². The third-order valence-corrected chi connectivity index (χ3v) is 10.3. The lowest BCUT2D eigenvalue weighted by molar-refractivity contribution is -0.870. The van der Waals surface area contributed by atoms with Gasteiger partial charge in [-0.25, -0.2) is 4.57 Å². The summed E-state index contributed by atoms with van der Waals surface area (Å²) in [4.78, 5) is 22.7. The van der Waals surface area contributed by atoms with Crippen LogP contribution in [0.5, 0.6) is 0 Å². The van der Waals surface area contributed by atoms with Gasteiger partial charge in [-0.3, -0.25) is 13.8 Å². The van der Waals surface area contributed by atoms with Gasteiger partial charge in [-0.05, 0) is 96.0 Å². The molecule has 57 heavy (non-hydrogen) atoms. The Bertz CT molecular complexity index is 1140. The number of unbranched alkanes of at least 4 members (excludes halogenated alkanes) is 17. The molecule has 0 aliphatic carbocycles. The number of hydrogen-bond acceptors (Lipinski definition) is 6. The number of esters is 1. The quantitative estimate of drug-likeness (QED) is 0.0164. The first kappa shape index (κ1) is 54.8. The number of carbonyl (C=O) groups is 1. The molecule has 0 amide bonds. The fourth-order valence-electron chi connectivity index (χ4n) is 5.69. The van der Waals surface area contributed by atoms with E-state index in [4.69, 9.17) is 18.5 Å². The highest BCUT2D eigenvalue weighted by molar-refractivity contribution is 7.47. The van der Waals surface area contributed by atoms with Crippen LogP contribution in [-0.4, -0.2) is 69.0 Å². The highest BCUT2D eigenvalue weighted by Gasteiger charge is 2.25. The second kappa shape index (κ2) is 40.6. The Morgan fingerprint density at radius 1 is 0.561 bits per heavy atom. The van der Waals surface area contributed by atoms with E-state index in [0.29, 0.717) is 17.4 Å². The van der Waals surface area contributed by atoms with Crippen LogP contribution in [0.25, 0.3) is 0 Å². The molecule has 1 N–H and O–H groups in total. The largest absolute Gasteiger partial charge is 0.492 e. The van der Waals surface area contributed by atoms with Gasteiger partial charge in [0.1, 0.15) is 19.8 Å². The Hall–Kier alpha value is -2.22. The van der Waals surface area contributed by atoms with E-state index in [-0.39, 0.29) is 25.8 Å². The monoisotopic (exact) mass is 821 g/mol. The molecule has 0 saturated heterocycles. The summed E-state index contributed by atoms with van der Waals surface area (Å²) in [5.41, 5.74) is 0. The van der Waals surface area contributed by atoms with Crippen LogP contribution in [0.4, 0.5) is 0 Å². The minimum Gasteiger partial charge on any atom is -0.492 e. The molecule has 0 heterocycles. The molecule has 0 radical (unpaired) electrons. The molecule has 330 valence electrons. The van der Waals surface area contributed by atoms with Crippen LogP contribution >= 0.6 is 7.82 Å². The first-order valence-electron chi connectivity index (χ1n) is 22.7. The van der Waals surface area contributed by atoms with Gasteiger partial charge < -0.3 is 18.9 Å². The summed E-state index contributed by atoms with van der Waals surface area (Å²) in [6, 6.07) is 0. The predicted octanol–water partition coefficient (Wildman–Crippen LogP) is 13.8. The Kier molecular flexibility index (Phi) is 39.0. The van der Waals surface area contributed by atoms with Gasteiger partial charge in [0.15, 0.2) is 6.10 Å². The van der Waals surface area contributed by atoms with Gasteiger partial charge in [0, 0.05) is 6.42 Å². The van der Waals surface area contributed by atoms with Crippen LogP contribution in [0, 0.1) is 0 Å². The minimum absolute atomic E-state index is 0.0728. The van der Waals surface area contributed by atoms with Crippen molar-refractivity contribution in [3.63, 3.8) is 0 Å². The lowest BCUT2D eigenvalue weighted by Gasteiger charge is -2.24. The molecular formula is C48H87NO7P+. The van der Waals surface area contributed by atoms with Gasteiger partial charge in [0.25, 0.3) is 0 Å². The zero-order chi connectivity index (χ0) is 42.0. The number of ether oxygens (including phenoxy) is 2. The molecule has 0 bridgehead atoms. The summed E-state index contributed by atoms with van der Waals surface area (Å²) in [5.74, 6) is -0.311. The fourth-order valence-corrected chi connectivity index (χ4v) is 6.43. The van der Waals surface area contributed by atoms with Crippen LogP contribution in [0.15, 0.2) is 73.1 Å². The number of likely N-dealkylation sites (N-methyl/N-ethyl adjacent to an activating group) is 1. The molecule has 0 aliphatic rings. The smallest absolute Gasteiger partial charge is 0.472 e. The number of phosphoric ester groups is 1. The van der Waals surface area contributed by atoms with E-state index in [1.807, 2.05) is 27.2 Å². The lowest BCUT2D eigenvalue weighted by Crippen LogP contribution is -2.37. The molecule has 0 spiro atoms. The standard InChI is InChI=1S/C48H86NO7P/c1-6-8-10-12-14-16-18-20-22-24-25-26-27-29-31-33-35-37-39-41-48(50)54-45-47(46-56-57(51,52)55-44-42-49(3,4)5)53-43-40-38-36-34-32-30-28-23-21-19-17-15-13-11-9-7-2/h14,16,20-23,25-26,29,31,40,43,47H,6-13,15,17-19,24,27-28,30,32-39,41-42,44-46H2,1-5H3/p+1/b16-14-,22-20-,23-21-,26-25-,31-29-,43-40-. The maximum Gasteiger partial charge on any atom is 0.472 e. The summed E-state index contributed by atoms with van der Waals surface area (Å²) >= 11 is 0. The minimum atomic E-state index is -4.28. The molecule has 0 saturated carbocycles. The van der Waals surface area contributed by atoms with Crippen molar-refractivity contribution in [2.24, 2.45) is 0 Å². The van der Waals surface area contributed by atoms with Crippen molar-refractivity contribution in [2.45, 2.75) is 180 Å². The van der Waals surface area contributed by atoms with E-state index in [2.05, 4.69) is 74.6 Å². The van der Waals surface area contributed by atoms with Crippen LogP contribution in [0.3, 0.4) is 0 Å². The molecule has 0 aromatic carbocycles. The molecule has 2 atom stereocenters. The Balaban J connectivity index is 4.36. The Morgan fingerprint density at radius 3 is 1.51 bits per heavy atom. The number of rotatable bonds is 41. The second-order valence-electron chi connectivity index (χ2n) is 16.1. The number of nitrogens with zero attached hydrogens (tertiary/aromatic N) is 1. The number of phosphoric acid groups is 1. The first-order chi connectivity index (χ1) is 27.6. The molecule has 0 aromatic rings. The van der Waals surface area contributed by atoms with Gasteiger partial charge in [0.2, 0.25) is 0 Å². The van der Waals surface area contributed by atoms with Crippen molar-refractivity contribution in [1.82, 2.24) is 0 Å². The Labute approximate surface area is 351 Å². The normalized spacial score (nSPS) is 14.4. The average Bonchev–Trinajstić information content (AvgIpc) is 3.17. The molecule has 0 fully saturated rings. The SMILES string of the molecule is CCCCC/C=C\C/C=C\C/C=C\C/C=C\CCCCCC(=O)OCC(COP(=O)(O)OCC[N+](C)(C)C)O/C=C\CCCCCC/C=C\CCCCCCCC. The maximum absolute atomic E-state index is 12.5. The van der Waals surface area contributed by atoms with Crippen LogP contribution in [-0.2, 0) is 27.9 Å². The summed E-state index contributed by atoms with van der Waals surface area (Å²) in [6.45, 7) is 4.81. The van der Waals surface area contributed by atoms with E-state index in [9.17, 15) is 14.3 Å². The first-order valence-corrected chi connectivity index (χ1v) is 24.2. The molecule has 2 unspecified atom stereocenters. The zero-order valence-corrected chi connectivity index (χ0v) is 38.2. The molecule has 8 nitrogen and oxygen atoms in total. The summed E-state index contributed by atoms with van der Waals surface area (Å²) < 4.78 is 34.7. The highest BCUT2D eigenvalue weighted by atomic mass is 31.2. The van der Waals surface area contributed by atoms with Gasteiger partial charge in [-0.2, -0.15) is 0 Å². The second-order valence-corrected chi connectivity index (χ2v) is 17.6. The summed E-state index contributed by atoms with van der Waals surface area (Å²) in [6.07, 6.45) is 53.2. The van der Waals surface area contributed by atoms with E-state index < -0.39 is 13.9 Å². The fraction of sp³-hybridized carbons (Fsp3) is 0.729. The molecule has 0 aliphatic heterocycles. The lowest BCUT2D eigenvalue weighted by atomic mass is 10.1. The van der Waals surface area contributed by atoms with Crippen molar-refractivity contribution < 1.29 is 37.3 Å². The average molecular weight is 821 g/mol.